The van der Waals surface area contributed by atoms with E-state index in [1.165, 1.54) is 28.6 Å². The number of para-hydroxylation sites is 1. The molecule has 0 bridgehead atoms. The van der Waals surface area contributed by atoms with Gasteiger partial charge in [0.1, 0.15) is 4.83 Å². The lowest BCUT2D eigenvalue weighted by atomic mass is 9.97. The number of Topliss-reactive ketones (excluding diaryl/α,β-unsaturated/α-hetero) is 1. The number of benzene rings is 1. The van der Waals surface area contributed by atoms with Crippen LogP contribution < -0.4 is 5.56 Å². The first-order valence-corrected chi connectivity index (χ1v) is 11.4. The average Bonchev–Trinajstić information content (AvgIpc) is 3.40. The minimum absolute atomic E-state index is 0.0144. The highest BCUT2D eigenvalue weighted by Crippen LogP contribution is 2.35. The molecule has 0 saturated heterocycles. The van der Waals surface area contributed by atoms with Gasteiger partial charge in [0.05, 0.1) is 22.5 Å². The number of rotatable bonds is 5. The summed E-state index contributed by atoms with van der Waals surface area (Å²) in [5.74, 6) is 0.204. The zero-order chi connectivity index (χ0) is 19.8. The van der Waals surface area contributed by atoms with E-state index in [-0.39, 0.29) is 17.1 Å². The van der Waals surface area contributed by atoms with Crippen molar-refractivity contribution in [2.24, 2.45) is 0 Å². The van der Waals surface area contributed by atoms with Crippen LogP contribution in [-0.2, 0) is 12.8 Å². The van der Waals surface area contributed by atoms with Crippen LogP contribution in [0, 0.1) is 0 Å². The van der Waals surface area contributed by atoms with E-state index in [1.54, 1.807) is 34.2 Å². The number of nitrogens with one attached hydrogen (secondary N) is 1. The molecular weight excluding hydrogens is 402 g/mol. The summed E-state index contributed by atoms with van der Waals surface area (Å²) in [6.07, 6.45) is 5.98. The second kappa shape index (κ2) is 7.65. The Bertz CT molecular complexity index is 1240. The molecule has 0 amide bonds. The number of carbonyl (C=O) groups is 1. The molecule has 3 heterocycles. The van der Waals surface area contributed by atoms with Crippen molar-refractivity contribution < 1.29 is 4.79 Å². The molecule has 1 aliphatic rings. The van der Waals surface area contributed by atoms with Crippen LogP contribution in [0.15, 0.2) is 58.6 Å². The molecule has 0 spiro atoms. The number of ketones is 1. The minimum atomic E-state index is -0.0320. The summed E-state index contributed by atoms with van der Waals surface area (Å²) in [4.78, 5) is 35.9. The molecule has 7 heteroatoms. The van der Waals surface area contributed by atoms with Gasteiger partial charge in [-0.15, -0.1) is 11.3 Å². The quantitative estimate of drug-likeness (QED) is 0.290. The molecule has 1 N–H and O–H groups in total. The number of thiophene rings is 1. The number of nitrogens with zero attached hydrogens (tertiary/aromatic N) is 2. The highest BCUT2D eigenvalue weighted by molar-refractivity contribution is 7.99. The monoisotopic (exact) mass is 421 g/mol. The summed E-state index contributed by atoms with van der Waals surface area (Å²) < 4.78 is 1.66. The molecular formula is C22H19N3O2S2. The Morgan fingerprint density at radius 1 is 1.14 bits per heavy atom. The number of H-pyrrole nitrogens is 1. The van der Waals surface area contributed by atoms with Gasteiger partial charge in [0.15, 0.2) is 10.9 Å². The van der Waals surface area contributed by atoms with Gasteiger partial charge in [-0.1, -0.05) is 30.0 Å². The van der Waals surface area contributed by atoms with E-state index >= 15 is 0 Å². The van der Waals surface area contributed by atoms with E-state index < -0.39 is 0 Å². The van der Waals surface area contributed by atoms with Crippen LogP contribution in [0.1, 0.15) is 33.8 Å². The zero-order valence-electron chi connectivity index (χ0n) is 15.7. The molecule has 0 atom stereocenters. The summed E-state index contributed by atoms with van der Waals surface area (Å²) in [6, 6.07) is 13.1. The summed E-state index contributed by atoms with van der Waals surface area (Å²) in [7, 11) is 0. The average molecular weight is 422 g/mol. The number of thioether (sulfide) groups is 1. The number of hydrogen-bond acceptors (Lipinski definition) is 5. The predicted octanol–water partition coefficient (Wildman–Crippen LogP) is 4.63. The number of aromatic nitrogens is 3. The van der Waals surface area contributed by atoms with Crippen molar-refractivity contribution >= 4 is 39.1 Å². The molecule has 146 valence electrons. The molecule has 1 aliphatic carbocycles. The molecule has 4 aromatic rings. The lowest BCUT2D eigenvalue weighted by Crippen LogP contribution is -2.22. The van der Waals surface area contributed by atoms with Gasteiger partial charge in [0.25, 0.3) is 5.56 Å². The van der Waals surface area contributed by atoms with Gasteiger partial charge in [-0.25, -0.2) is 4.98 Å². The lowest BCUT2D eigenvalue weighted by Gasteiger charge is -2.13. The first-order chi connectivity index (χ1) is 14.2. The minimum Gasteiger partial charge on any atom is -0.359 e. The molecule has 1 aromatic carbocycles. The number of fused-ring (bicyclic) bond motifs is 3. The Kier molecular flexibility index (Phi) is 4.85. The number of aryl methyl sites for hydroxylation is 2. The number of hydrogen-bond donors (Lipinski definition) is 1. The third-order valence-electron chi connectivity index (χ3n) is 5.20. The summed E-state index contributed by atoms with van der Waals surface area (Å²) in [6.45, 7) is 0. The first kappa shape index (κ1) is 18.4. The second-order valence-corrected chi connectivity index (χ2v) is 9.08. The summed E-state index contributed by atoms with van der Waals surface area (Å²) in [5.41, 5.74) is 2.49. The molecule has 29 heavy (non-hydrogen) atoms. The van der Waals surface area contributed by atoms with Gasteiger partial charge < -0.3 is 4.98 Å². The van der Waals surface area contributed by atoms with Crippen molar-refractivity contribution in [1.29, 1.82) is 0 Å². The van der Waals surface area contributed by atoms with Crippen molar-refractivity contribution in [3.63, 3.8) is 0 Å². The fourth-order valence-corrected chi connectivity index (χ4v) is 6.00. The van der Waals surface area contributed by atoms with E-state index in [1.807, 2.05) is 30.3 Å². The molecule has 0 fully saturated rings. The summed E-state index contributed by atoms with van der Waals surface area (Å²) in [5, 5.41) is 1.32. The van der Waals surface area contributed by atoms with Gasteiger partial charge in [-0.3, -0.25) is 14.2 Å². The maximum absolute atomic E-state index is 13.6. The van der Waals surface area contributed by atoms with Crippen LogP contribution in [0.25, 0.3) is 15.9 Å². The van der Waals surface area contributed by atoms with E-state index in [0.717, 1.165) is 35.2 Å². The highest BCUT2D eigenvalue weighted by Gasteiger charge is 2.23. The van der Waals surface area contributed by atoms with Crippen LogP contribution in [0.3, 0.4) is 0 Å². The van der Waals surface area contributed by atoms with E-state index in [9.17, 15) is 9.59 Å². The van der Waals surface area contributed by atoms with Crippen molar-refractivity contribution in [1.82, 2.24) is 14.5 Å². The Morgan fingerprint density at radius 2 is 1.97 bits per heavy atom. The molecule has 0 saturated carbocycles. The van der Waals surface area contributed by atoms with Crippen molar-refractivity contribution in [2.75, 3.05) is 5.75 Å². The second-order valence-electron chi connectivity index (χ2n) is 7.06. The molecule has 0 unspecified atom stereocenters. The molecule has 5 nitrogen and oxygen atoms in total. The van der Waals surface area contributed by atoms with Crippen LogP contribution in [0.5, 0.6) is 0 Å². The fourth-order valence-electron chi connectivity index (χ4n) is 3.80. The molecule has 0 aliphatic heterocycles. The standard InChI is InChI=1S/C22H19N3O2S2/c26-17(16-10-6-12-23-16)13-28-22-24-20-19(15-9-4-5-11-18(15)29-20)21(27)25(22)14-7-2-1-3-8-14/h1-3,6-8,10,12,23H,4-5,9,11,13H2. The lowest BCUT2D eigenvalue weighted by molar-refractivity contribution is 0.101. The Morgan fingerprint density at radius 3 is 2.76 bits per heavy atom. The predicted molar refractivity (Wildman–Crippen MR) is 118 cm³/mol. The molecule has 0 radical (unpaired) electrons. The van der Waals surface area contributed by atoms with Crippen molar-refractivity contribution in [2.45, 2.75) is 30.8 Å². The normalized spacial score (nSPS) is 13.5. The van der Waals surface area contributed by atoms with Crippen LogP contribution in [0.2, 0.25) is 0 Å². The van der Waals surface area contributed by atoms with Crippen LogP contribution in [0.4, 0.5) is 0 Å². The Labute approximate surface area is 175 Å². The van der Waals surface area contributed by atoms with Gasteiger partial charge in [0.2, 0.25) is 0 Å². The molecule has 5 rings (SSSR count). The number of carbonyl (C=O) groups excluding carboxylic acids is 1. The Balaban J connectivity index is 1.63. The summed E-state index contributed by atoms with van der Waals surface area (Å²) >= 11 is 2.95. The van der Waals surface area contributed by atoms with Crippen LogP contribution >= 0.6 is 23.1 Å². The maximum Gasteiger partial charge on any atom is 0.267 e. The SMILES string of the molecule is O=C(CSc1nc2sc3c(c2c(=O)n1-c1ccccc1)CCCC3)c1ccc[nH]1. The first-order valence-electron chi connectivity index (χ1n) is 9.64. The van der Waals surface area contributed by atoms with Crippen molar-refractivity contribution in [3.8, 4) is 5.69 Å². The van der Waals surface area contributed by atoms with E-state index in [0.29, 0.717) is 10.9 Å². The third-order valence-corrected chi connectivity index (χ3v) is 7.33. The maximum atomic E-state index is 13.6. The van der Waals surface area contributed by atoms with Crippen LogP contribution in [-0.4, -0.2) is 26.1 Å². The smallest absolute Gasteiger partial charge is 0.267 e. The van der Waals surface area contributed by atoms with Gasteiger partial charge in [-0.2, -0.15) is 0 Å². The highest BCUT2D eigenvalue weighted by atomic mass is 32.2. The largest absolute Gasteiger partial charge is 0.359 e. The Hall–Kier alpha value is -2.64. The van der Waals surface area contributed by atoms with Crippen molar-refractivity contribution in [3.05, 3.63) is 75.1 Å². The molecule has 3 aromatic heterocycles. The fraction of sp³-hybridized carbons (Fsp3) is 0.227. The third kappa shape index (κ3) is 3.34. The van der Waals surface area contributed by atoms with Gasteiger partial charge in [-0.05, 0) is 55.5 Å². The van der Waals surface area contributed by atoms with E-state index in [4.69, 9.17) is 4.98 Å². The van der Waals surface area contributed by atoms with Gasteiger partial charge >= 0.3 is 0 Å². The number of aromatic amines is 1. The van der Waals surface area contributed by atoms with Gasteiger partial charge in [0, 0.05) is 11.1 Å². The van der Waals surface area contributed by atoms with E-state index in [2.05, 4.69) is 4.98 Å². The zero-order valence-corrected chi connectivity index (χ0v) is 17.3. The topological polar surface area (TPSA) is 67.8 Å².